The zero-order chi connectivity index (χ0) is 20.1. The Morgan fingerprint density at radius 3 is 2.89 bits per heavy atom. The van der Waals surface area contributed by atoms with Crippen LogP contribution in [-0.2, 0) is 9.59 Å². The lowest BCUT2D eigenvalue weighted by Crippen LogP contribution is -2.28. The first-order chi connectivity index (χ1) is 13.4. The SMILES string of the molecule is Cc1c(Cl)cccc1NC(=O)CC1SC(=NN=Cc2ccccc2O)NC1=O. The number of nitrogens with one attached hydrogen (secondary N) is 2. The van der Waals surface area contributed by atoms with Crippen LogP contribution in [0.4, 0.5) is 5.69 Å². The molecule has 1 fully saturated rings. The second-order valence-electron chi connectivity index (χ2n) is 5.97. The molecule has 1 aliphatic heterocycles. The van der Waals surface area contributed by atoms with Gasteiger partial charge in [-0.3, -0.25) is 9.59 Å². The summed E-state index contributed by atoms with van der Waals surface area (Å²) >= 11 is 7.18. The molecule has 1 saturated heterocycles. The lowest BCUT2D eigenvalue weighted by atomic mass is 10.2. The van der Waals surface area contributed by atoms with Gasteiger partial charge in [0, 0.05) is 22.7 Å². The third-order valence-electron chi connectivity index (χ3n) is 3.97. The highest BCUT2D eigenvalue weighted by molar-refractivity contribution is 8.15. The molecule has 0 radical (unpaired) electrons. The van der Waals surface area contributed by atoms with Gasteiger partial charge in [0.05, 0.1) is 6.21 Å². The molecule has 3 N–H and O–H groups in total. The molecule has 2 aromatic rings. The van der Waals surface area contributed by atoms with E-state index in [1.807, 2.05) is 6.92 Å². The predicted octanol–water partition coefficient (Wildman–Crippen LogP) is 3.30. The standard InChI is InChI=1S/C19H17ClN4O3S/c1-11-13(20)6-4-7-14(11)22-17(26)9-16-18(27)23-19(28-16)24-21-10-12-5-2-3-8-15(12)25/h2-8,10,16,25H,9H2,1H3,(H,22,26)(H,23,24,27). The van der Waals surface area contributed by atoms with Crippen LogP contribution in [0.2, 0.25) is 5.02 Å². The minimum absolute atomic E-state index is 0.00926. The molecule has 1 aliphatic rings. The van der Waals surface area contributed by atoms with E-state index < -0.39 is 5.25 Å². The van der Waals surface area contributed by atoms with Crippen LogP contribution in [0.25, 0.3) is 0 Å². The van der Waals surface area contributed by atoms with Gasteiger partial charge >= 0.3 is 0 Å². The molecule has 1 unspecified atom stereocenters. The van der Waals surface area contributed by atoms with Crippen LogP contribution < -0.4 is 10.6 Å². The van der Waals surface area contributed by atoms with Gasteiger partial charge in [0.2, 0.25) is 11.8 Å². The maximum absolute atomic E-state index is 12.3. The van der Waals surface area contributed by atoms with Gasteiger partial charge < -0.3 is 15.7 Å². The van der Waals surface area contributed by atoms with E-state index in [9.17, 15) is 14.7 Å². The number of halogens is 1. The Kier molecular flexibility index (Phi) is 6.33. The first kappa shape index (κ1) is 19.9. The number of amides is 2. The molecule has 0 saturated carbocycles. The van der Waals surface area contributed by atoms with Crippen molar-refractivity contribution < 1.29 is 14.7 Å². The van der Waals surface area contributed by atoms with E-state index >= 15 is 0 Å². The summed E-state index contributed by atoms with van der Waals surface area (Å²) < 4.78 is 0. The van der Waals surface area contributed by atoms with E-state index in [2.05, 4.69) is 20.8 Å². The molecular formula is C19H17ClN4O3S. The van der Waals surface area contributed by atoms with E-state index in [-0.39, 0.29) is 24.0 Å². The molecule has 0 aliphatic carbocycles. The van der Waals surface area contributed by atoms with Gasteiger partial charge in [0.1, 0.15) is 11.0 Å². The van der Waals surface area contributed by atoms with Crippen molar-refractivity contribution in [3.63, 3.8) is 0 Å². The number of aromatic hydroxyl groups is 1. The lowest BCUT2D eigenvalue weighted by molar-refractivity contribution is -0.122. The topological polar surface area (TPSA) is 103 Å². The van der Waals surface area contributed by atoms with Crippen molar-refractivity contribution in [2.45, 2.75) is 18.6 Å². The van der Waals surface area contributed by atoms with Crippen LogP contribution in [0.5, 0.6) is 5.75 Å². The molecule has 0 spiro atoms. The second-order valence-corrected chi connectivity index (χ2v) is 7.57. The van der Waals surface area contributed by atoms with Crippen molar-refractivity contribution in [3.05, 3.63) is 58.6 Å². The van der Waals surface area contributed by atoms with E-state index in [1.54, 1.807) is 36.4 Å². The van der Waals surface area contributed by atoms with Gasteiger partial charge in [-0.1, -0.05) is 41.6 Å². The maximum atomic E-state index is 12.3. The van der Waals surface area contributed by atoms with Gasteiger partial charge in [0.25, 0.3) is 0 Å². The Balaban J connectivity index is 1.59. The lowest BCUT2D eigenvalue weighted by Gasteiger charge is -2.10. The zero-order valence-corrected chi connectivity index (χ0v) is 16.4. The van der Waals surface area contributed by atoms with E-state index in [0.29, 0.717) is 21.4 Å². The van der Waals surface area contributed by atoms with Crippen LogP contribution >= 0.6 is 23.4 Å². The number of rotatable bonds is 5. The predicted molar refractivity (Wildman–Crippen MR) is 112 cm³/mol. The number of para-hydroxylation sites is 1. The van der Waals surface area contributed by atoms with Crippen LogP contribution in [0.3, 0.4) is 0 Å². The molecule has 2 aromatic carbocycles. The van der Waals surface area contributed by atoms with Crippen LogP contribution in [-0.4, -0.2) is 33.6 Å². The fourth-order valence-electron chi connectivity index (χ4n) is 2.44. The molecule has 0 bridgehead atoms. The molecule has 7 nitrogen and oxygen atoms in total. The Bertz CT molecular complexity index is 977. The smallest absolute Gasteiger partial charge is 0.240 e. The summed E-state index contributed by atoms with van der Waals surface area (Å²) in [5.41, 5.74) is 1.89. The zero-order valence-electron chi connectivity index (χ0n) is 14.8. The third-order valence-corrected chi connectivity index (χ3v) is 5.45. The fraction of sp³-hybridized carbons (Fsp3) is 0.158. The summed E-state index contributed by atoms with van der Waals surface area (Å²) in [5.74, 6) is -0.517. The van der Waals surface area contributed by atoms with Gasteiger partial charge in [-0.15, -0.1) is 5.10 Å². The molecule has 2 amide bonds. The number of anilines is 1. The highest BCUT2D eigenvalue weighted by Gasteiger charge is 2.32. The summed E-state index contributed by atoms with van der Waals surface area (Å²) in [6.07, 6.45) is 1.38. The van der Waals surface area contributed by atoms with Gasteiger partial charge in [-0.25, -0.2) is 0 Å². The molecule has 3 rings (SSSR count). The van der Waals surface area contributed by atoms with Gasteiger partial charge in [-0.05, 0) is 36.8 Å². The molecule has 0 aromatic heterocycles. The first-order valence-electron chi connectivity index (χ1n) is 8.35. The largest absolute Gasteiger partial charge is 0.507 e. The number of carbonyl (C=O) groups is 2. The van der Waals surface area contributed by atoms with E-state index in [0.717, 1.165) is 17.3 Å². The minimum Gasteiger partial charge on any atom is -0.507 e. The summed E-state index contributed by atoms with van der Waals surface area (Å²) in [6, 6.07) is 11.9. The second kappa shape index (κ2) is 8.90. The van der Waals surface area contributed by atoms with Crippen LogP contribution in [0, 0.1) is 6.92 Å². The summed E-state index contributed by atoms with van der Waals surface area (Å²) in [7, 11) is 0. The number of benzene rings is 2. The van der Waals surface area contributed by atoms with E-state index in [4.69, 9.17) is 11.6 Å². The number of hydrogen-bond acceptors (Lipinski definition) is 6. The van der Waals surface area contributed by atoms with Crippen molar-refractivity contribution in [2.24, 2.45) is 10.2 Å². The monoisotopic (exact) mass is 416 g/mol. The minimum atomic E-state index is -0.599. The highest BCUT2D eigenvalue weighted by atomic mass is 35.5. The molecule has 1 heterocycles. The molecule has 28 heavy (non-hydrogen) atoms. The van der Waals surface area contributed by atoms with Crippen molar-refractivity contribution >= 4 is 52.2 Å². The third kappa shape index (κ3) is 4.90. The normalized spacial score (nSPS) is 17.9. The number of thioether (sulfide) groups is 1. The van der Waals surface area contributed by atoms with Gasteiger partial charge in [-0.2, -0.15) is 5.10 Å². The number of phenolic OH excluding ortho intramolecular Hbond substituents is 1. The number of hydrogen-bond donors (Lipinski definition) is 3. The fourth-order valence-corrected chi connectivity index (χ4v) is 3.54. The van der Waals surface area contributed by atoms with Crippen molar-refractivity contribution in [1.29, 1.82) is 0 Å². The maximum Gasteiger partial charge on any atom is 0.240 e. The average Bonchev–Trinajstić information content (AvgIpc) is 3.00. The number of amidine groups is 1. The average molecular weight is 417 g/mol. The molecular weight excluding hydrogens is 400 g/mol. The molecule has 1 atom stereocenters. The molecule has 144 valence electrons. The van der Waals surface area contributed by atoms with Crippen molar-refractivity contribution in [1.82, 2.24) is 5.32 Å². The van der Waals surface area contributed by atoms with Gasteiger partial charge in [0.15, 0.2) is 5.17 Å². The Labute approximate surface area is 170 Å². The summed E-state index contributed by atoms with van der Waals surface area (Å²) in [6.45, 7) is 1.81. The van der Waals surface area contributed by atoms with Crippen molar-refractivity contribution in [2.75, 3.05) is 5.32 Å². The number of nitrogens with zero attached hydrogens (tertiary/aromatic N) is 2. The first-order valence-corrected chi connectivity index (χ1v) is 9.61. The van der Waals surface area contributed by atoms with Crippen LogP contribution in [0.1, 0.15) is 17.5 Å². The Morgan fingerprint density at radius 1 is 1.32 bits per heavy atom. The Hall–Kier alpha value is -2.84. The number of phenols is 1. The van der Waals surface area contributed by atoms with E-state index in [1.165, 1.54) is 12.3 Å². The summed E-state index contributed by atoms with van der Waals surface area (Å²) in [5, 5.41) is 23.1. The molecule has 9 heteroatoms. The summed E-state index contributed by atoms with van der Waals surface area (Å²) in [4.78, 5) is 24.4. The quantitative estimate of drug-likeness (QED) is 0.514. The van der Waals surface area contributed by atoms with Crippen molar-refractivity contribution in [3.8, 4) is 5.75 Å². The highest BCUT2D eigenvalue weighted by Crippen LogP contribution is 2.26. The number of carbonyl (C=O) groups excluding carboxylic acids is 2. The van der Waals surface area contributed by atoms with Crippen LogP contribution in [0.15, 0.2) is 52.7 Å². The Morgan fingerprint density at radius 2 is 2.11 bits per heavy atom.